The zero-order valence-corrected chi connectivity index (χ0v) is 17.1. The van der Waals surface area contributed by atoms with Crippen molar-refractivity contribution in [3.63, 3.8) is 0 Å². The molecule has 0 aliphatic carbocycles. The maximum Gasteiger partial charge on any atom is 0.263 e. The molecule has 8 heteroatoms. The molecule has 2 heterocycles. The van der Waals surface area contributed by atoms with Gasteiger partial charge in [-0.05, 0) is 42.7 Å². The first kappa shape index (κ1) is 19.0. The number of nitrogens with one attached hydrogen (secondary N) is 1. The van der Waals surface area contributed by atoms with Crippen LogP contribution in [0.15, 0.2) is 52.9 Å². The molecule has 146 valence electrons. The van der Waals surface area contributed by atoms with Crippen molar-refractivity contribution in [1.82, 2.24) is 14.6 Å². The van der Waals surface area contributed by atoms with Gasteiger partial charge >= 0.3 is 0 Å². The Kier molecular flexibility index (Phi) is 5.18. The van der Waals surface area contributed by atoms with E-state index in [4.69, 9.17) is 0 Å². The lowest BCUT2D eigenvalue weighted by atomic mass is 10.1. The van der Waals surface area contributed by atoms with Crippen LogP contribution >= 0.6 is 11.3 Å². The second-order valence-corrected chi connectivity index (χ2v) is 9.72. The number of piperidine rings is 1. The van der Waals surface area contributed by atoms with E-state index in [0.717, 1.165) is 16.5 Å². The number of thiazole rings is 1. The summed E-state index contributed by atoms with van der Waals surface area (Å²) >= 11 is 1.32. The number of nitrogens with zero attached hydrogens (tertiary/aromatic N) is 2. The zero-order valence-electron chi connectivity index (χ0n) is 15.5. The fourth-order valence-electron chi connectivity index (χ4n) is 3.49. The summed E-state index contributed by atoms with van der Waals surface area (Å²) in [4.78, 5) is 17.4. The Morgan fingerprint density at radius 3 is 2.54 bits per heavy atom. The third-order valence-corrected chi connectivity index (χ3v) is 7.92. The molecule has 0 unspecified atom stereocenters. The van der Waals surface area contributed by atoms with E-state index in [1.165, 1.54) is 15.6 Å². The normalized spacial score (nSPS) is 16.3. The molecule has 1 fully saturated rings. The largest absolute Gasteiger partial charge is 0.348 e. The lowest BCUT2D eigenvalue weighted by Gasteiger charge is -2.31. The summed E-state index contributed by atoms with van der Waals surface area (Å²) in [6.07, 6.45) is 1.19. The summed E-state index contributed by atoms with van der Waals surface area (Å²) in [5.74, 6) is -0.129. The van der Waals surface area contributed by atoms with E-state index in [9.17, 15) is 13.2 Å². The molecule has 1 aliphatic rings. The molecule has 2 aromatic carbocycles. The predicted molar refractivity (Wildman–Crippen MR) is 110 cm³/mol. The molecule has 6 nitrogen and oxygen atoms in total. The summed E-state index contributed by atoms with van der Waals surface area (Å²) < 4.78 is 27.6. The Hall–Kier alpha value is -2.29. The highest BCUT2D eigenvalue weighted by atomic mass is 32.2. The Morgan fingerprint density at radius 2 is 1.86 bits per heavy atom. The molecular weight excluding hydrogens is 394 g/mol. The average molecular weight is 416 g/mol. The number of sulfonamides is 1. The van der Waals surface area contributed by atoms with Gasteiger partial charge in [-0.2, -0.15) is 4.31 Å². The van der Waals surface area contributed by atoms with Gasteiger partial charge in [-0.25, -0.2) is 13.4 Å². The van der Waals surface area contributed by atoms with Gasteiger partial charge in [0.1, 0.15) is 4.88 Å². The van der Waals surface area contributed by atoms with Crippen molar-refractivity contribution in [2.75, 3.05) is 13.1 Å². The molecule has 0 spiro atoms. The monoisotopic (exact) mass is 415 g/mol. The number of fused-ring (bicyclic) bond motifs is 1. The van der Waals surface area contributed by atoms with Gasteiger partial charge in [0.15, 0.2) is 0 Å². The Morgan fingerprint density at radius 1 is 1.14 bits per heavy atom. The first-order valence-corrected chi connectivity index (χ1v) is 11.5. The molecular formula is C20H21N3O3S2. The maximum absolute atomic E-state index is 13.0. The number of amides is 1. The second kappa shape index (κ2) is 7.62. The molecule has 1 amide bonds. The second-order valence-electron chi connectivity index (χ2n) is 6.93. The lowest BCUT2D eigenvalue weighted by molar-refractivity contribution is 0.0927. The van der Waals surface area contributed by atoms with E-state index < -0.39 is 10.0 Å². The lowest BCUT2D eigenvalue weighted by Crippen LogP contribution is -2.46. The number of hydrogen-bond acceptors (Lipinski definition) is 5. The molecule has 0 bridgehead atoms. The van der Waals surface area contributed by atoms with Crippen LogP contribution < -0.4 is 5.32 Å². The number of rotatable bonds is 4. The summed E-state index contributed by atoms with van der Waals surface area (Å²) in [6.45, 7) is 2.59. The number of aryl methyl sites for hydroxylation is 1. The van der Waals surface area contributed by atoms with Gasteiger partial charge in [0, 0.05) is 19.1 Å². The quantitative estimate of drug-likeness (QED) is 0.710. The highest BCUT2D eigenvalue weighted by Crippen LogP contribution is 2.24. The summed E-state index contributed by atoms with van der Waals surface area (Å²) in [6, 6.07) is 12.9. The first-order valence-electron chi connectivity index (χ1n) is 9.15. The standard InChI is InChI=1S/C20H21N3O3S2/c1-14-19(27-13-21-14)20(24)22-17-8-10-23(11-9-17)28(25,26)18-7-6-15-4-2-3-5-16(15)12-18/h2-7,12-13,17H,8-11H2,1H3,(H,22,24). The van der Waals surface area contributed by atoms with Gasteiger partial charge in [-0.1, -0.05) is 30.3 Å². The highest BCUT2D eigenvalue weighted by Gasteiger charge is 2.30. The van der Waals surface area contributed by atoms with Crippen molar-refractivity contribution in [3.05, 3.63) is 58.5 Å². The van der Waals surface area contributed by atoms with Crippen LogP contribution in [-0.2, 0) is 10.0 Å². The first-order chi connectivity index (χ1) is 13.4. The fraction of sp³-hybridized carbons (Fsp3) is 0.300. The SMILES string of the molecule is Cc1ncsc1C(=O)NC1CCN(S(=O)(=O)c2ccc3ccccc3c2)CC1. The van der Waals surface area contributed by atoms with Crippen LogP contribution in [0.4, 0.5) is 0 Å². The molecule has 1 N–H and O–H groups in total. The van der Waals surface area contributed by atoms with Crippen LogP contribution in [0.2, 0.25) is 0 Å². The van der Waals surface area contributed by atoms with E-state index >= 15 is 0 Å². The average Bonchev–Trinajstić information content (AvgIpc) is 3.14. The van der Waals surface area contributed by atoms with Gasteiger partial charge in [-0.3, -0.25) is 4.79 Å². The molecule has 0 atom stereocenters. The van der Waals surface area contributed by atoms with Crippen LogP contribution in [0.25, 0.3) is 10.8 Å². The Labute approximate surface area is 168 Å². The van der Waals surface area contributed by atoms with Crippen LogP contribution in [0.3, 0.4) is 0 Å². The van der Waals surface area contributed by atoms with Crippen molar-refractivity contribution >= 4 is 38.0 Å². The van der Waals surface area contributed by atoms with Crippen LogP contribution in [0.1, 0.15) is 28.2 Å². The number of carbonyl (C=O) groups excluding carboxylic acids is 1. The molecule has 0 radical (unpaired) electrons. The number of carbonyl (C=O) groups is 1. The maximum atomic E-state index is 13.0. The minimum Gasteiger partial charge on any atom is -0.348 e. The topological polar surface area (TPSA) is 79.4 Å². The smallest absolute Gasteiger partial charge is 0.263 e. The molecule has 4 rings (SSSR count). The van der Waals surface area contributed by atoms with Crippen LogP contribution in [0.5, 0.6) is 0 Å². The number of aromatic nitrogens is 1. The van der Waals surface area contributed by atoms with Crippen molar-refractivity contribution in [2.45, 2.75) is 30.7 Å². The molecule has 0 saturated carbocycles. The molecule has 28 heavy (non-hydrogen) atoms. The van der Waals surface area contributed by atoms with Gasteiger partial charge in [0.25, 0.3) is 5.91 Å². The van der Waals surface area contributed by atoms with E-state index in [1.54, 1.807) is 17.6 Å². The molecule has 1 aliphatic heterocycles. The highest BCUT2D eigenvalue weighted by molar-refractivity contribution is 7.89. The van der Waals surface area contributed by atoms with Gasteiger partial charge in [-0.15, -0.1) is 11.3 Å². The van der Waals surface area contributed by atoms with Crippen LogP contribution in [-0.4, -0.2) is 42.7 Å². The third kappa shape index (κ3) is 3.67. The van der Waals surface area contributed by atoms with Gasteiger partial charge in [0.2, 0.25) is 10.0 Å². The molecule has 1 aromatic heterocycles. The van der Waals surface area contributed by atoms with Gasteiger partial charge in [0.05, 0.1) is 16.1 Å². The molecule has 3 aromatic rings. The summed E-state index contributed by atoms with van der Waals surface area (Å²) in [7, 11) is -3.54. The van der Waals surface area contributed by atoms with Gasteiger partial charge < -0.3 is 5.32 Å². The predicted octanol–water partition coefficient (Wildman–Crippen LogP) is 3.19. The van der Waals surface area contributed by atoms with Crippen molar-refractivity contribution in [2.24, 2.45) is 0 Å². The minimum atomic E-state index is -3.54. The zero-order chi connectivity index (χ0) is 19.7. The Bertz CT molecular complexity index is 1120. The summed E-state index contributed by atoms with van der Waals surface area (Å²) in [5.41, 5.74) is 2.38. The minimum absolute atomic E-state index is 0.0305. The van der Waals surface area contributed by atoms with Crippen molar-refractivity contribution in [1.29, 1.82) is 0 Å². The third-order valence-electron chi connectivity index (χ3n) is 5.10. The number of hydrogen-bond donors (Lipinski definition) is 1. The van der Waals surface area contributed by atoms with Crippen molar-refractivity contribution in [3.8, 4) is 0 Å². The van der Waals surface area contributed by atoms with E-state index in [0.29, 0.717) is 35.7 Å². The van der Waals surface area contributed by atoms with Crippen molar-refractivity contribution < 1.29 is 13.2 Å². The fourth-order valence-corrected chi connectivity index (χ4v) is 5.70. The van der Waals surface area contributed by atoms with E-state index in [2.05, 4.69) is 10.3 Å². The Balaban J connectivity index is 1.43. The van der Waals surface area contributed by atoms with E-state index in [1.807, 2.05) is 37.3 Å². The number of benzene rings is 2. The summed E-state index contributed by atoms with van der Waals surface area (Å²) in [5, 5.41) is 4.93. The van der Waals surface area contributed by atoms with Crippen LogP contribution in [0, 0.1) is 6.92 Å². The molecule has 1 saturated heterocycles. The van der Waals surface area contributed by atoms with E-state index in [-0.39, 0.29) is 11.9 Å².